The molecule has 0 spiro atoms. The van der Waals surface area contributed by atoms with Crippen LogP contribution in [0.5, 0.6) is 0 Å². The lowest BCUT2D eigenvalue weighted by Crippen LogP contribution is -2.21. The second kappa shape index (κ2) is 8.98. The SMILES string of the molecule is CCCNCc1ccc(CN(CC)Cc2ccccc2)s1. The molecule has 114 valence electrons. The third-order valence-corrected chi connectivity index (χ3v) is 4.59. The van der Waals surface area contributed by atoms with Crippen LogP contribution < -0.4 is 5.32 Å². The number of nitrogens with one attached hydrogen (secondary N) is 1. The Kier molecular flexibility index (Phi) is 6.93. The van der Waals surface area contributed by atoms with Crippen molar-refractivity contribution in [3.05, 3.63) is 57.8 Å². The minimum Gasteiger partial charge on any atom is -0.312 e. The molecule has 21 heavy (non-hydrogen) atoms. The van der Waals surface area contributed by atoms with Crippen molar-refractivity contribution in [3.8, 4) is 0 Å². The van der Waals surface area contributed by atoms with Gasteiger partial charge in [-0.05, 0) is 37.2 Å². The average Bonchev–Trinajstić information content (AvgIpc) is 2.95. The Hall–Kier alpha value is -1.16. The van der Waals surface area contributed by atoms with Crippen molar-refractivity contribution in [2.45, 2.75) is 39.9 Å². The smallest absolute Gasteiger partial charge is 0.0331 e. The van der Waals surface area contributed by atoms with Gasteiger partial charge in [0.25, 0.3) is 0 Å². The Morgan fingerprint density at radius 3 is 2.43 bits per heavy atom. The first-order valence-corrected chi connectivity index (χ1v) is 8.68. The minimum absolute atomic E-state index is 1.00. The summed E-state index contributed by atoms with van der Waals surface area (Å²) in [6.45, 7) is 9.69. The van der Waals surface area contributed by atoms with Gasteiger partial charge in [0.1, 0.15) is 0 Å². The van der Waals surface area contributed by atoms with Crippen LogP contribution in [-0.4, -0.2) is 18.0 Å². The van der Waals surface area contributed by atoms with E-state index in [1.807, 2.05) is 11.3 Å². The van der Waals surface area contributed by atoms with E-state index >= 15 is 0 Å². The van der Waals surface area contributed by atoms with E-state index < -0.39 is 0 Å². The van der Waals surface area contributed by atoms with Gasteiger partial charge in [-0.2, -0.15) is 0 Å². The molecule has 1 aromatic heterocycles. The predicted molar refractivity (Wildman–Crippen MR) is 92.5 cm³/mol. The molecule has 2 aromatic rings. The zero-order chi connectivity index (χ0) is 14.9. The van der Waals surface area contributed by atoms with Gasteiger partial charge in [0.2, 0.25) is 0 Å². The first kappa shape index (κ1) is 16.2. The second-order valence-electron chi connectivity index (χ2n) is 5.33. The van der Waals surface area contributed by atoms with Gasteiger partial charge >= 0.3 is 0 Å². The van der Waals surface area contributed by atoms with E-state index in [0.717, 1.165) is 32.7 Å². The van der Waals surface area contributed by atoms with Crippen LogP contribution in [0.25, 0.3) is 0 Å². The highest BCUT2D eigenvalue weighted by molar-refractivity contribution is 7.11. The molecule has 0 bridgehead atoms. The van der Waals surface area contributed by atoms with Crippen molar-refractivity contribution >= 4 is 11.3 Å². The number of benzene rings is 1. The fourth-order valence-electron chi connectivity index (χ4n) is 2.33. The molecule has 0 amide bonds. The molecule has 0 unspecified atom stereocenters. The molecule has 0 radical (unpaired) electrons. The zero-order valence-electron chi connectivity index (χ0n) is 13.1. The van der Waals surface area contributed by atoms with Gasteiger partial charge in [-0.3, -0.25) is 4.90 Å². The van der Waals surface area contributed by atoms with Crippen molar-refractivity contribution in [3.63, 3.8) is 0 Å². The van der Waals surface area contributed by atoms with E-state index in [0.29, 0.717) is 0 Å². The Morgan fingerprint density at radius 2 is 1.71 bits per heavy atom. The highest BCUT2D eigenvalue weighted by Gasteiger charge is 2.07. The fourth-order valence-corrected chi connectivity index (χ4v) is 3.36. The summed E-state index contributed by atoms with van der Waals surface area (Å²) in [5.74, 6) is 0. The maximum Gasteiger partial charge on any atom is 0.0331 e. The van der Waals surface area contributed by atoms with Gasteiger partial charge < -0.3 is 5.32 Å². The van der Waals surface area contributed by atoms with Gasteiger partial charge in [-0.1, -0.05) is 44.2 Å². The summed E-state index contributed by atoms with van der Waals surface area (Å²) in [6, 6.07) is 15.3. The Labute approximate surface area is 132 Å². The van der Waals surface area contributed by atoms with Crippen molar-refractivity contribution in [1.29, 1.82) is 0 Å². The van der Waals surface area contributed by atoms with Crippen LogP contribution in [-0.2, 0) is 19.6 Å². The van der Waals surface area contributed by atoms with Gasteiger partial charge in [-0.15, -0.1) is 11.3 Å². The zero-order valence-corrected chi connectivity index (χ0v) is 14.0. The molecule has 0 aliphatic heterocycles. The molecular weight excluding hydrogens is 276 g/mol. The molecule has 0 saturated carbocycles. The summed E-state index contributed by atoms with van der Waals surface area (Å²) < 4.78 is 0. The lowest BCUT2D eigenvalue weighted by atomic mass is 10.2. The van der Waals surface area contributed by atoms with E-state index in [2.05, 4.69) is 66.5 Å². The van der Waals surface area contributed by atoms with Crippen LogP contribution in [0.1, 0.15) is 35.6 Å². The summed E-state index contributed by atoms with van der Waals surface area (Å²) in [6.07, 6.45) is 1.19. The fraction of sp³-hybridized carbons (Fsp3) is 0.444. The molecular formula is C18H26N2S. The molecule has 0 saturated heterocycles. The standard InChI is InChI=1S/C18H26N2S/c1-3-12-19-13-17-10-11-18(21-17)15-20(4-2)14-16-8-6-5-7-9-16/h5-11,19H,3-4,12-15H2,1-2H3. The lowest BCUT2D eigenvalue weighted by molar-refractivity contribution is 0.274. The molecule has 1 N–H and O–H groups in total. The topological polar surface area (TPSA) is 15.3 Å². The highest BCUT2D eigenvalue weighted by atomic mass is 32.1. The molecule has 0 aliphatic rings. The summed E-state index contributed by atoms with van der Waals surface area (Å²) in [5, 5.41) is 3.47. The van der Waals surface area contributed by atoms with E-state index in [-0.39, 0.29) is 0 Å². The first-order valence-electron chi connectivity index (χ1n) is 7.86. The van der Waals surface area contributed by atoms with Gasteiger partial charge in [-0.25, -0.2) is 0 Å². The second-order valence-corrected chi connectivity index (χ2v) is 6.59. The largest absolute Gasteiger partial charge is 0.312 e. The molecule has 0 atom stereocenters. The van der Waals surface area contributed by atoms with Crippen molar-refractivity contribution < 1.29 is 0 Å². The lowest BCUT2D eigenvalue weighted by Gasteiger charge is -2.19. The minimum atomic E-state index is 1.00. The summed E-state index contributed by atoms with van der Waals surface area (Å²) in [4.78, 5) is 5.39. The number of rotatable bonds is 9. The monoisotopic (exact) mass is 302 g/mol. The van der Waals surface area contributed by atoms with Gasteiger partial charge in [0.05, 0.1) is 0 Å². The number of thiophene rings is 1. The predicted octanol–water partition coefficient (Wildman–Crippen LogP) is 4.27. The quantitative estimate of drug-likeness (QED) is 0.696. The van der Waals surface area contributed by atoms with Gasteiger partial charge in [0.15, 0.2) is 0 Å². The number of nitrogens with zero attached hydrogens (tertiary/aromatic N) is 1. The molecule has 2 nitrogen and oxygen atoms in total. The Balaban J connectivity index is 1.86. The van der Waals surface area contributed by atoms with E-state index in [9.17, 15) is 0 Å². The molecule has 3 heteroatoms. The van der Waals surface area contributed by atoms with Gasteiger partial charge in [0, 0.05) is 29.4 Å². The number of hydrogen-bond donors (Lipinski definition) is 1. The van der Waals surface area contributed by atoms with Crippen LogP contribution in [0.4, 0.5) is 0 Å². The normalized spacial score (nSPS) is 11.2. The van der Waals surface area contributed by atoms with Crippen LogP contribution in [0.15, 0.2) is 42.5 Å². The van der Waals surface area contributed by atoms with E-state index in [1.54, 1.807) is 0 Å². The maximum absolute atomic E-state index is 3.47. The van der Waals surface area contributed by atoms with Crippen LogP contribution in [0.2, 0.25) is 0 Å². The van der Waals surface area contributed by atoms with E-state index in [4.69, 9.17) is 0 Å². The van der Waals surface area contributed by atoms with Crippen LogP contribution >= 0.6 is 11.3 Å². The number of hydrogen-bond acceptors (Lipinski definition) is 3. The van der Waals surface area contributed by atoms with Crippen LogP contribution in [0.3, 0.4) is 0 Å². The van der Waals surface area contributed by atoms with E-state index in [1.165, 1.54) is 21.7 Å². The molecule has 0 aliphatic carbocycles. The Bertz CT molecular complexity index is 507. The summed E-state index contributed by atoms with van der Waals surface area (Å²) >= 11 is 1.93. The average molecular weight is 302 g/mol. The maximum atomic E-state index is 3.47. The van der Waals surface area contributed by atoms with Crippen molar-refractivity contribution in [2.75, 3.05) is 13.1 Å². The summed E-state index contributed by atoms with van der Waals surface area (Å²) in [7, 11) is 0. The third kappa shape index (κ3) is 5.62. The molecule has 1 aromatic carbocycles. The highest BCUT2D eigenvalue weighted by Crippen LogP contribution is 2.19. The third-order valence-electron chi connectivity index (χ3n) is 3.52. The Morgan fingerprint density at radius 1 is 0.952 bits per heavy atom. The molecule has 0 fully saturated rings. The van der Waals surface area contributed by atoms with Crippen LogP contribution in [0, 0.1) is 0 Å². The van der Waals surface area contributed by atoms with Crippen molar-refractivity contribution in [2.24, 2.45) is 0 Å². The first-order chi connectivity index (χ1) is 10.3. The summed E-state index contributed by atoms with van der Waals surface area (Å²) in [5.41, 5.74) is 1.39. The molecule has 2 rings (SSSR count). The van der Waals surface area contributed by atoms with Crippen molar-refractivity contribution in [1.82, 2.24) is 10.2 Å². The molecule has 1 heterocycles.